The Balaban J connectivity index is 1.95. The average Bonchev–Trinajstić information content (AvgIpc) is 2.61. The number of nitrogens with two attached hydrogens (primary N) is 1. The molecule has 5 N–H and O–H groups in total. The van der Waals surface area contributed by atoms with E-state index in [1.54, 1.807) is 12.1 Å². The van der Waals surface area contributed by atoms with Crippen molar-refractivity contribution in [1.29, 1.82) is 0 Å². The molecule has 0 bridgehead atoms. The number of rotatable bonds is 7. The highest BCUT2D eigenvalue weighted by Crippen LogP contribution is 2.33. The summed E-state index contributed by atoms with van der Waals surface area (Å²) in [6.07, 6.45) is 5.95. The van der Waals surface area contributed by atoms with Crippen molar-refractivity contribution in [2.45, 2.75) is 17.1 Å². The molecule has 0 spiro atoms. The average molecular weight is 376 g/mol. The Hall–Kier alpha value is -1.96. The van der Waals surface area contributed by atoms with Gasteiger partial charge in [-0.3, -0.25) is 0 Å². The Labute approximate surface area is 158 Å². The van der Waals surface area contributed by atoms with Crippen LogP contribution < -0.4 is 21.7 Å². The zero-order valence-electron chi connectivity index (χ0n) is 15.1. The fraction of sp³-hybridized carbons (Fsp3) is 0.368. The first-order valence-corrected chi connectivity index (χ1v) is 9.40. The van der Waals surface area contributed by atoms with Crippen molar-refractivity contribution in [3.8, 4) is 0 Å². The Morgan fingerprint density at radius 3 is 2.77 bits per heavy atom. The summed E-state index contributed by atoms with van der Waals surface area (Å²) in [4.78, 5) is 2.62. The van der Waals surface area contributed by atoms with Crippen LogP contribution in [0.1, 0.15) is 0 Å². The zero-order chi connectivity index (χ0) is 18.7. The summed E-state index contributed by atoms with van der Waals surface area (Å²) < 4.78 is 12.8. The number of hydrogen-bond donors (Lipinski definition) is 4. The molecule has 0 amide bonds. The predicted molar refractivity (Wildman–Crippen MR) is 109 cm³/mol. The molecule has 2 unspecified atom stereocenters. The number of halogens is 1. The molecular formula is C19H26FN5S. The van der Waals surface area contributed by atoms with Gasteiger partial charge in [0.1, 0.15) is 6.17 Å². The number of anilines is 2. The maximum atomic E-state index is 12.8. The second-order valence-electron chi connectivity index (χ2n) is 6.65. The summed E-state index contributed by atoms with van der Waals surface area (Å²) in [5.41, 5.74) is 9.81. The second kappa shape index (κ2) is 8.16. The van der Waals surface area contributed by atoms with Gasteiger partial charge in [0.05, 0.1) is 23.5 Å². The summed E-state index contributed by atoms with van der Waals surface area (Å²) in [6.45, 7) is 5.97. The Bertz CT molecular complexity index is 729. The maximum Gasteiger partial charge on any atom is 0.123 e. The summed E-state index contributed by atoms with van der Waals surface area (Å²) >= 11 is 0.197. The van der Waals surface area contributed by atoms with E-state index in [1.165, 1.54) is 5.57 Å². The Morgan fingerprint density at radius 2 is 2.23 bits per heavy atom. The summed E-state index contributed by atoms with van der Waals surface area (Å²) in [5.74, 6) is 0.525. The molecule has 2 heterocycles. The van der Waals surface area contributed by atoms with Crippen molar-refractivity contribution in [3.63, 3.8) is 0 Å². The largest absolute Gasteiger partial charge is 0.397 e. The lowest BCUT2D eigenvalue weighted by Crippen LogP contribution is -2.57. The molecule has 1 aromatic rings. The molecular weight excluding hydrogens is 349 g/mol. The molecule has 3 rings (SSSR count). The third-order valence-corrected chi connectivity index (χ3v) is 5.51. The lowest BCUT2D eigenvalue weighted by molar-refractivity contribution is 0.264. The van der Waals surface area contributed by atoms with Crippen molar-refractivity contribution in [1.82, 2.24) is 15.5 Å². The molecule has 1 fully saturated rings. The molecule has 2 atom stereocenters. The first-order valence-electron chi connectivity index (χ1n) is 8.68. The van der Waals surface area contributed by atoms with Crippen LogP contribution in [0.3, 0.4) is 0 Å². The molecule has 26 heavy (non-hydrogen) atoms. The van der Waals surface area contributed by atoms with Crippen LogP contribution in [0.25, 0.3) is 0 Å². The third-order valence-electron chi connectivity index (χ3n) is 5.08. The van der Waals surface area contributed by atoms with Crippen LogP contribution in [-0.2, 0) is 0 Å². The van der Waals surface area contributed by atoms with Gasteiger partial charge in [0, 0.05) is 43.2 Å². The minimum absolute atomic E-state index is 0.0720. The minimum Gasteiger partial charge on any atom is -0.397 e. The van der Waals surface area contributed by atoms with Gasteiger partial charge in [-0.1, -0.05) is 12.7 Å². The number of benzene rings is 1. The van der Waals surface area contributed by atoms with Gasteiger partial charge in [0.2, 0.25) is 0 Å². The molecule has 140 valence electrons. The van der Waals surface area contributed by atoms with Crippen LogP contribution in [0.15, 0.2) is 59.2 Å². The van der Waals surface area contributed by atoms with Gasteiger partial charge in [-0.25, -0.2) is 0 Å². The molecule has 7 heteroatoms. The van der Waals surface area contributed by atoms with Crippen LogP contribution in [0, 0.1) is 5.92 Å². The number of nitrogen functional groups attached to an aromatic ring is 1. The minimum atomic E-state index is -0.0720. The van der Waals surface area contributed by atoms with Crippen LogP contribution in [-0.4, -0.2) is 44.3 Å². The lowest BCUT2D eigenvalue weighted by atomic mass is 9.83. The van der Waals surface area contributed by atoms with Gasteiger partial charge in [-0.2, -0.15) is 3.89 Å². The fourth-order valence-electron chi connectivity index (χ4n) is 3.53. The second-order valence-corrected chi connectivity index (χ2v) is 7.28. The molecule has 1 aromatic carbocycles. The first kappa shape index (κ1) is 18.8. The molecule has 0 aliphatic carbocycles. The van der Waals surface area contributed by atoms with E-state index >= 15 is 0 Å². The normalized spacial score (nSPS) is 21.5. The van der Waals surface area contributed by atoms with Gasteiger partial charge in [0.15, 0.2) is 0 Å². The third kappa shape index (κ3) is 3.60. The van der Waals surface area contributed by atoms with Crippen LogP contribution in [0.4, 0.5) is 15.3 Å². The molecule has 1 saturated heterocycles. The van der Waals surface area contributed by atoms with E-state index < -0.39 is 0 Å². The number of nitrogens with one attached hydrogen (secondary N) is 3. The standard InChI is InChI=1S/C19H26FN5S/c1-4-12-7-8-25(3)19(17(12)18(22-2)13-10-23-11-13)24-16-6-5-14(26-20)9-15(16)21/h4-9,13,18-19,22-24H,1,10-11,21H2,2-3H3. The number of allylic oxidation sites excluding steroid dienone is 3. The molecule has 2 aliphatic heterocycles. The van der Waals surface area contributed by atoms with E-state index in [1.807, 2.05) is 32.4 Å². The highest BCUT2D eigenvalue weighted by atomic mass is 32.2. The Kier molecular flexibility index (Phi) is 5.90. The molecule has 2 aliphatic rings. The van der Waals surface area contributed by atoms with E-state index in [2.05, 4.69) is 33.5 Å². The van der Waals surface area contributed by atoms with E-state index in [4.69, 9.17) is 5.73 Å². The highest BCUT2D eigenvalue weighted by Gasteiger charge is 2.35. The van der Waals surface area contributed by atoms with Gasteiger partial charge in [0.25, 0.3) is 0 Å². The quantitative estimate of drug-likeness (QED) is 0.550. The smallest absolute Gasteiger partial charge is 0.123 e. The zero-order valence-corrected chi connectivity index (χ0v) is 15.9. The number of nitrogens with zero attached hydrogens (tertiary/aromatic N) is 1. The molecule has 0 aromatic heterocycles. The van der Waals surface area contributed by atoms with Crippen molar-refractivity contribution in [3.05, 3.63) is 54.3 Å². The SMILES string of the molecule is C=CC1=C(C(NC)C2CNC2)C(Nc2ccc(SF)cc2N)N(C)C=C1. The van der Waals surface area contributed by atoms with Gasteiger partial charge in [-0.15, -0.1) is 0 Å². The first-order chi connectivity index (χ1) is 12.6. The van der Waals surface area contributed by atoms with Crippen molar-refractivity contribution >= 4 is 23.5 Å². The van der Waals surface area contributed by atoms with E-state index in [0.717, 1.165) is 24.4 Å². The van der Waals surface area contributed by atoms with Crippen molar-refractivity contribution < 1.29 is 3.89 Å². The van der Waals surface area contributed by atoms with Crippen molar-refractivity contribution in [2.24, 2.45) is 5.92 Å². The topological polar surface area (TPSA) is 65.3 Å². The molecule has 0 saturated carbocycles. The van der Waals surface area contributed by atoms with Gasteiger partial charge in [-0.05, 0) is 42.5 Å². The maximum absolute atomic E-state index is 12.8. The van der Waals surface area contributed by atoms with E-state index in [9.17, 15) is 3.89 Å². The summed E-state index contributed by atoms with van der Waals surface area (Å²) in [5, 5.41) is 10.4. The van der Waals surface area contributed by atoms with Crippen LogP contribution in [0.2, 0.25) is 0 Å². The van der Waals surface area contributed by atoms with E-state index in [0.29, 0.717) is 16.5 Å². The van der Waals surface area contributed by atoms with E-state index in [-0.39, 0.29) is 24.4 Å². The lowest BCUT2D eigenvalue weighted by Gasteiger charge is -2.43. The highest BCUT2D eigenvalue weighted by molar-refractivity contribution is 7.94. The van der Waals surface area contributed by atoms with Crippen molar-refractivity contribution in [2.75, 3.05) is 38.2 Å². The molecule has 0 radical (unpaired) electrons. The Morgan fingerprint density at radius 1 is 1.46 bits per heavy atom. The predicted octanol–water partition coefficient (Wildman–Crippen LogP) is 2.73. The molecule has 5 nitrogen and oxygen atoms in total. The fourth-order valence-corrected chi connectivity index (χ4v) is 3.82. The van der Waals surface area contributed by atoms with Gasteiger partial charge >= 0.3 is 0 Å². The van der Waals surface area contributed by atoms with Gasteiger partial charge < -0.3 is 26.6 Å². The monoisotopic (exact) mass is 375 g/mol. The summed E-state index contributed by atoms with van der Waals surface area (Å²) in [7, 11) is 4.02. The number of hydrogen-bond acceptors (Lipinski definition) is 6. The van der Waals surface area contributed by atoms with Crippen LogP contribution >= 0.6 is 12.1 Å². The summed E-state index contributed by atoms with van der Waals surface area (Å²) in [6, 6.07) is 5.42. The number of likely N-dealkylation sites (N-methyl/N-ethyl adjacent to an activating group) is 2. The van der Waals surface area contributed by atoms with Crippen LogP contribution in [0.5, 0.6) is 0 Å².